The summed E-state index contributed by atoms with van der Waals surface area (Å²) in [4.78, 5) is 4.72. The number of ether oxygens (including phenoxy) is 1. The number of rotatable bonds is 19. The molecular weight excluding hydrogens is 426 g/mol. The molecule has 2 nitrogen and oxygen atoms in total. The van der Waals surface area contributed by atoms with Crippen molar-refractivity contribution < 1.29 is 4.74 Å². The van der Waals surface area contributed by atoms with Gasteiger partial charge < -0.3 is 4.74 Å². The quantitative estimate of drug-likeness (QED) is 0.188. The van der Waals surface area contributed by atoms with Crippen molar-refractivity contribution in [2.75, 3.05) is 6.61 Å². The number of pyridine rings is 1. The highest BCUT2D eigenvalue weighted by Gasteiger charge is 2.13. The van der Waals surface area contributed by atoms with Gasteiger partial charge in [-0.3, -0.25) is 4.98 Å². The highest BCUT2D eigenvalue weighted by atomic mass is 16.5. The largest absolute Gasteiger partial charge is 0.494 e. The van der Waals surface area contributed by atoms with E-state index >= 15 is 0 Å². The van der Waals surface area contributed by atoms with Gasteiger partial charge >= 0.3 is 0 Å². The minimum absolute atomic E-state index is 0.827. The first-order chi connectivity index (χ1) is 17.3. The number of aryl methyl sites for hydroxylation is 1. The van der Waals surface area contributed by atoms with E-state index < -0.39 is 0 Å². The van der Waals surface area contributed by atoms with Gasteiger partial charge in [-0.15, -0.1) is 0 Å². The van der Waals surface area contributed by atoms with Gasteiger partial charge in [0.25, 0.3) is 0 Å². The van der Waals surface area contributed by atoms with Crippen LogP contribution >= 0.6 is 0 Å². The summed E-state index contributed by atoms with van der Waals surface area (Å²) in [5.41, 5.74) is 3.57. The Morgan fingerprint density at radius 3 is 2.06 bits per heavy atom. The molecule has 2 heteroatoms. The van der Waals surface area contributed by atoms with Crippen LogP contribution in [0.3, 0.4) is 0 Å². The third-order valence-corrected chi connectivity index (χ3v) is 7.79. The predicted molar refractivity (Wildman–Crippen MR) is 151 cm³/mol. The molecule has 0 aliphatic heterocycles. The van der Waals surface area contributed by atoms with Gasteiger partial charge in [-0.2, -0.15) is 0 Å². The van der Waals surface area contributed by atoms with Crippen LogP contribution in [0.5, 0.6) is 5.75 Å². The van der Waals surface area contributed by atoms with Crippen LogP contribution in [0.15, 0.2) is 42.6 Å². The van der Waals surface area contributed by atoms with E-state index in [4.69, 9.17) is 9.72 Å². The molecule has 1 aromatic carbocycles. The zero-order valence-corrected chi connectivity index (χ0v) is 22.6. The third kappa shape index (κ3) is 11.6. The van der Waals surface area contributed by atoms with Crippen LogP contribution in [0.4, 0.5) is 0 Å². The summed E-state index contributed by atoms with van der Waals surface area (Å²) in [5.74, 6) is 2.02. The molecule has 35 heavy (non-hydrogen) atoms. The Bertz CT molecular complexity index is 761. The van der Waals surface area contributed by atoms with Crippen molar-refractivity contribution in [3.8, 4) is 17.0 Å². The van der Waals surface area contributed by atoms with Gasteiger partial charge in [0, 0.05) is 11.8 Å². The van der Waals surface area contributed by atoms with Crippen LogP contribution in [-0.4, -0.2) is 11.6 Å². The van der Waals surface area contributed by atoms with Crippen molar-refractivity contribution in [3.05, 3.63) is 48.2 Å². The monoisotopic (exact) mass is 477 g/mol. The highest BCUT2D eigenvalue weighted by molar-refractivity contribution is 5.60. The molecular formula is C33H51NO. The summed E-state index contributed by atoms with van der Waals surface area (Å²) < 4.78 is 5.97. The van der Waals surface area contributed by atoms with E-state index in [1.165, 1.54) is 120 Å². The molecule has 1 fully saturated rings. The van der Waals surface area contributed by atoms with Gasteiger partial charge in [-0.25, -0.2) is 0 Å². The number of unbranched alkanes of at least 4 members (excludes halogenated alkanes) is 11. The Hall–Kier alpha value is -1.83. The number of hydrogen-bond acceptors (Lipinski definition) is 2. The van der Waals surface area contributed by atoms with Crippen molar-refractivity contribution in [1.82, 2.24) is 4.98 Å². The lowest BCUT2D eigenvalue weighted by Crippen LogP contribution is -1.97. The van der Waals surface area contributed by atoms with E-state index in [9.17, 15) is 0 Å². The Balaban J connectivity index is 1.23. The first kappa shape index (κ1) is 27.8. The van der Waals surface area contributed by atoms with Crippen LogP contribution in [0.2, 0.25) is 0 Å². The normalized spacial score (nSPS) is 14.0. The highest BCUT2D eigenvalue weighted by Crippen LogP contribution is 2.29. The zero-order chi connectivity index (χ0) is 24.4. The fourth-order valence-electron chi connectivity index (χ4n) is 5.48. The summed E-state index contributed by atoms with van der Waals surface area (Å²) >= 11 is 0. The molecule has 194 valence electrons. The van der Waals surface area contributed by atoms with E-state index in [-0.39, 0.29) is 0 Å². The van der Waals surface area contributed by atoms with Gasteiger partial charge in [-0.05, 0) is 61.1 Å². The van der Waals surface area contributed by atoms with Crippen molar-refractivity contribution >= 4 is 0 Å². The molecule has 1 aliphatic rings. The minimum Gasteiger partial charge on any atom is -0.494 e. The standard InChI is InChI=1S/C33H51NO/c1-2-3-4-5-6-7-9-13-20-30-21-26-33(34-28-30)31-22-24-32(25-23-31)35-27-16-11-8-10-12-17-29-18-14-15-19-29/h21-26,28-29H,2-20,27H2,1H3. The van der Waals surface area contributed by atoms with Crippen LogP contribution in [0.1, 0.15) is 128 Å². The maximum Gasteiger partial charge on any atom is 0.119 e. The lowest BCUT2D eigenvalue weighted by molar-refractivity contribution is 0.304. The van der Waals surface area contributed by atoms with Gasteiger partial charge in [0.05, 0.1) is 12.3 Å². The summed E-state index contributed by atoms with van der Waals surface area (Å²) in [6.07, 6.45) is 28.2. The molecule has 0 N–H and O–H groups in total. The summed E-state index contributed by atoms with van der Waals surface area (Å²) in [5, 5.41) is 0. The molecule has 0 spiro atoms. The molecule has 0 atom stereocenters. The Labute approximate surface area is 216 Å². The van der Waals surface area contributed by atoms with E-state index in [2.05, 4.69) is 49.5 Å². The molecule has 1 aromatic heterocycles. The lowest BCUT2D eigenvalue weighted by atomic mass is 9.99. The molecule has 1 aliphatic carbocycles. The van der Waals surface area contributed by atoms with Gasteiger partial charge in [-0.1, -0.05) is 116 Å². The van der Waals surface area contributed by atoms with Crippen LogP contribution < -0.4 is 4.74 Å². The molecule has 1 saturated carbocycles. The summed E-state index contributed by atoms with van der Waals surface area (Å²) in [6.45, 7) is 3.11. The molecule has 0 bridgehead atoms. The molecule has 0 radical (unpaired) electrons. The van der Waals surface area contributed by atoms with Crippen molar-refractivity contribution in [2.24, 2.45) is 5.92 Å². The smallest absolute Gasteiger partial charge is 0.119 e. The Kier molecular flexibility index (Phi) is 13.9. The molecule has 3 rings (SSSR count). The molecule has 2 aromatic rings. The van der Waals surface area contributed by atoms with E-state index in [0.29, 0.717) is 0 Å². The zero-order valence-electron chi connectivity index (χ0n) is 22.6. The SMILES string of the molecule is CCCCCCCCCCc1ccc(-c2ccc(OCCCCCCCC3CCCC3)cc2)nc1. The molecule has 0 saturated heterocycles. The first-order valence-corrected chi connectivity index (χ1v) is 15.0. The maximum atomic E-state index is 5.97. The summed E-state index contributed by atoms with van der Waals surface area (Å²) in [7, 11) is 0. The number of aromatic nitrogens is 1. The number of hydrogen-bond donors (Lipinski definition) is 0. The number of nitrogens with zero attached hydrogens (tertiary/aromatic N) is 1. The first-order valence-electron chi connectivity index (χ1n) is 15.0. The van der Waals surface area contributed by atoms with E-state index in [1.807, 2.05) is 0 Å². The minimum atomic E-state index is 0.827. The fourth-order valence-corrected chi connectivity index (χ4v) is 5.48. The Morgan fingerprint density at radius 2 is 1.37 bits per heavy atom. The maximum absolute atomic E-state index is 5.97. The van der Waals surface area contributed by atoms with Crippen LogP contribution in [-0.2, 0) is 6.42 Å². The van der Waals surface area contributed by atoms with Crippen molar-refractivity contribution in [3.63, 3.8) is 0 Å². The van der Waals surface area contributed by atoms with E-state index in [0.717, 1.165) is 36.8 Å². The van der Waals surface area contributed by atoms with Crippen molar-refractivity contribution in [1.29, 1.82) is 0 Å². The third-order valence-electron chi connectivity index (χ3n) is 7.79. The predicted octanol–water partition coefficient (Wildman–Crippen LogP) is 10.3. The second-order valence-electron chi connectivity index (χ2n) is 10.9. The van der Waals surface area contributed by atoms with Crippen LogP contribution in [0.25, 0.3) is 11.3 Å². The fraction of sp³-hybridized carbons (Fsp3) is 0.667. The molecule has 0 unspecified atom stereocenters. The average molecular weight is 478 g/mol. The van der Waals surface area contributed by atoms with E-state index in [1.54, 1.807) is 0 Å². The number of benzene rings is 1. The molecule has 0 amide bonds. The topological polar surface area (TPSA) is 22.1 Å². The van der Waals surface area contributed by atoms with Gasteiger partial charge in [0.2, 0.25) is 0 Å². The van der Waals surface area contributed by atoms with Gasteiger partial charge in [0.1, 0.15) is 5.75 Å². The van der Waals surface area contributed by atoms with Crippen molar-refractivity contribution in [2.45, 2.75) is 129 Å². The average Bonchev–Trinajstić information content (AvgIpc) is 3.42. The summed E-state index contributed by atoms with van der Waals surface area (Å²) in [6, 6.07) is 12.9. The second kappa shape index (κ2) is 17.6. The van der Waals surface area contributed by atoms with Gasteiger partial charge in [0.15, 0.2) is 0 Å². The molecule has 1 heterocycles. The lowest BCUT2D eigenvalue weighted by Gasteiger charge is -2.09. The second-order valence-corrected chi connectivity index (χ2v) is 10.9. The Morgan fingerprint density at radius 1 is 0.714 bits per heavy atom. The van der Waals surface area contributed by atoms with Crippen LogP contribution in [0, 0.1) is 5.92 Å².